The van der Waals surface area contributed by atoms with E-state index in [9.17, 15) is 9.59 Å². The molecule has 1 aromatic heterocycles. The smallest absolute Gasteiger partial charge is 0.273 e. The number of anilines is 2. The average Bonchev–Trinajstić information content (AvgIpc) is 2.55. The highest BCUT2D eigenvalue weighted by Crippen LogP contribution is 2.16. The fourth-order valence-corrected chi connectivity index (χ4v) is 1.88. The lowest BCUT2D eigenvalue weighted by Crippen LogP contribution is -2.34. The Morgan fingerprint density at radius 2 is 1.75 bits per heavy atom. The summed E-state index contributed by atoms with van der Waals surface area (Å²) < 4.78 is 0. The Hall–Kier alpha value is -2.17. The molecule has 9 N–H and O–H groups in total. The highest BCUT2D eigenvalue weighted by Gasteiger charge is 2.15. The Bertz CT molecular complexity index is 569. The van der Waals surface area contributed by atoms with Crippen LogP contribution in [0.5, 0.6) is 0 Å². The largest absolute Gasteiger partial charge is 0.382 e. The minimum absolute atomic E-state index is 0.0233. The van der Waals surface area contributed by atoms with Crippen molar-refractivity contribution in [2.75, 3.05) is 44.2 Å². The van der Waals surface area contributed by atoms with Gasteiger partial charge in [0.1, 0.15) is 0 Å². The van der Waals surface area contributed by atoms with Crippen molar-refractivity contribution in [1.82, 2.24) is 25.9 Å². The van der Waals surface area contributed by atoms with Gasteiger partial charge in [-0.2, -0.15) is 0 Å². The van der Waals surface area contributed by atoms with Crippen LogP contribution in [0.2, 0.25) is 5.15 Å². The lowest BCUT2D eigenvalue weighted by atomic mass is 10.3. The molecule has 134 valence electrons. The molecule has 1 rings (SSSR count). The first-order valence-corrected chi connectivity index (χ1v) is 7.87. The van der Waals surface area contributed by atoms with Crippen LogP contribution >= 0.6 is 11.6 Å². The number of nitrogen functional groups attached to an aromatic ring is 2. The third kappa shape index (κ3) is 6.94. The van der Waals surface area contributed by atoms with Crippen molar-refractivity contribution in [2.24, 2.45) is 5.73 Å². The molecule has 0 saturated heterocycles. The molecule has 0 bridgehead atoms. The Labute approximate surface area is 144 Å². The van der Waals surface area contributed by atoms with Gasteiger partial charge in [0, 0.05) is 32.6 Å². The van der Waals surface area contributed by atoms with Crippen molar-refractivity contribution in [3.63, 3.8) is 0 Å². The third-order valence-electron chi connectivity index (χ3n) is 2.93. The first-order chi connectivity index (χ1) is 11.5. The van der Waals surface area contributed by atoms with Gasteiger partial charge in [0.25, 0.3) is 5.91 Å². The zero-order valence-electron chi connectivity index (χ0n) is 13.3. The predicted octanol–water partition coefficient (Wildman–Crippen LogP) is -1.53. The highest BCUT2D eigenvalue weighted by molar-refractivity contribution is 6.31. The van der Waals surface area contributed by atoms with Gasteiger partial charge in [-0.1, -0.05) is 11.6 Å². The van der Waals surface area contributed by atoms with Crippen LogP contribution in [0.1, 0.15) is 23.3 Å². The van der Waals surface area contributed by atoms with Gasteiger partial charge in [-0.05, 0) is 13.0 Å². The lowest BCUT2D eigenvalue weighted by molar-refractivity contribution is -0.121. The summed E-state index contributed by atoms with van der Waals surface area (Å²) in [5.41, 5.74) is 16.3. The molecular weight excluding hydrogens is 336 g/mol. The van der Waals surface area contributed by atoms with Gasteiger partial charge in [0.15, 0.2) is 22.5 Å². The van der Waals surface area contributed by atoms with E-state index in [0.29, 0.717) is 45.6 Å². The minimum atomic E-state index is -0.482. The molecule has 0 aliphatic rings. The number of nitrogens with zero attached hydrogens (tertiary/aromatic N) is 2. The number of amides is 2. The number of halogens is 1. The van der Waals surface area contributed by atoms with Crippen molar-refractivity contribution in [1.29, 1.82) is 0 Å². The van der Waals surface area contributed by atoms with Crippen molar-refractivity contribution in [3.8, 4) is 0 Å². The van der Waals surface area contributed by atoms with E-state index in [0.717, 1.165) is 0 Å². The van der Waals surface area contributed by atoms with Crippen LogP contribution in [0.15, 0.2) is 0 Å². The molecule has 0 aromatic carbocycles. The Kier molecular flexibility index (Phi) is 8.76. The van der Waals surface area contributed by atoms with Crippen molar-refractivity contribution < 1.29 is 9.59 Å². The van der Waals surface area contributed by atoms with Crippen molar-refractivity contribution >= 4 is 35.1 Å². The van der Waals surface area contributed by atoms with E-state index < -0.39 is 5.91 Å². The fraction of sp³-hybridized carbons (Fsp3) is 0.538. The summed E-state index contributed by atoms with van der Waals surface area (Å²) in [6, 6.07) is 0. The first-order valence-electron chi connectivity index (χ1n) is 7.50. The first kappa shape index (κ1) is 19.9. The topological polar surface area (TPSA) is 174 Å². The summed E-state index contributed by atoms with van der Waals surface area (Å²) in [7, 11) is 0. The van der Waals surface area contributed by atoms with E-state index >= 15 is 0 Å². The molecule has 0 unspecified atom stereocenters. The van der Waals surface area contributed by atoms with E-state index in [2.05, 4.69) is 25.9 Å². The SMILES string of the molecule is NCCNC(=O)CCCNCCNC(=O)c1nc(Cl)c(N)nc1N. The molecule has 0 aliphatic heterocycles. The number of nitrogens with two attached hydrogens (primary N) is 3. The van der Waals surface area contributed by atoms with Crippen LogP contribution in [0, 0.1) is 0 Å². The second-order valence-electron chi connectivity index (χ2n) is 4.88. The van der Waals surface area contributed by atoms with E-state index in [-0.39, 0.29) is 28.4 Å². The molecule has 1 heterocycles. The zero-order chi connectivity index (χ0) is 17.9. The summed E-state index contributed by atoms with van der Waals surface area (Å²) in [5, 5.41) is 8.36. The van der Waals surface area contributed by atoms with Crippen LogP contribution in [-0.4, -0.2) is 54.5 Å². The second-order valence-corrected chi connectivity index (χ2v) is 5.24. The maximum absolute atomic E-state index is 11.9. The summed E-state index contributed by atoms with van der Waals surface area (Å²) in [6.45, 7) is 2.46. The summed E-state index contributed by atoms with van der Waals surface area (Å²) in [5.74, 6) is -0.608. The van der Waals surface area contributed by atoms with Crippen molar-refractivity contribution in [2.45, 2.75) is 12.8 Å². The van der Waals surface area contributed by atoms with Gasteiger partial charge in [0.2, 0.25) is 5.91 Å². The molecule has 24 heavy (non-hydrogen) atoms. The average molecular weight is 359 g/mol. The molecule has 0 spiro atoms. The van der Waals surface area contributed by atoms with Gasteiger partial charge in [-0.3, -0.25) is 9.59 Å². The standard InChI is InChI=1S/C13H23ClN8O2/c14-10-12(17)22-11(16)9(21-10)13(24)20-7-6-18-4-1-2-8(23)19-5-3-15/h18H,1-7,15H2,(H,19,23)(H,20,24)(H4,16,17,22). The maximum atomic E-state index is 11.9. The van der Waals surface area contributed by atoms with E-state index in [4.69, 9.17) is 28.8 Å². The number of rotatable bonds is 10. The molecule has 11 heteroatoms. The molecule has 0 saturated carbocycles. The normalized spacial score (nSPS) is 10.4. The number of carbonyl (C=O) groups excluding carboxylic acids is 2. The van der Waals surface area contributed by atoms with Crippen LogP contribution in [-0.2, 0) is 4.79 Å². The van der Waals surface area contributed by atoms with Gasteiger partial charge >= 0.3 is 0 Å². The molecule has 0 fully saturated rings. The fourth-order valence-electron chi connectivity index (χ4n) is 1.76. The van der Waals surface area contributed by atoms with Crippen LogP contribution in [0.4, 0.5) is 11.6 Å². The monoisotopic (exact) mass is 358 g/mol. The predicted molar refractivity (Wildman–Crippen MR) is 92.4 cm³/mol. The molecular formula is C13H23ClN8O2. The highest BCUT2D eigenvalue weighted by atomic mass is 35.5. The molecule has 1 aromatic rings. The molecule has 0 atom stereocenters. The zero-order valence-corrected chi connectivity index (χ0v) is 14.0. The van der Waals surface area contributed by atoms with Gasteiger partial charge in [-0.15, -0.1) is 0 Å². The van der Waals surface area contributed by atoms with E-state index in [1.807, 2.05) is 0 Å². The Morgan fingerprint density at radius 1 is 1.00 bits per heavy atom. The van der Waals surface area contributed by atoms with Gasteiger partial charge in [0.05, 0.1) is 0 Å². The molecule has 0 radical (unpaired) electrons. The van der Waals surface area contributed by atoms with Crippen LogP contribution < -0.4 is 33.2 Å². The maximum Gasteiger partial charge on any atom is 0.273 e. The number of hydrogen-bond donors (Lipinski definition) is 6. The Morgan fingerprint density at radius 3 is 2.46 bits per heavy atom. The lowest BCUT2D eigenvalue weighted by Gasteiger charge is -2.08. The Balaban J connectivity index is 2.18. The van der Waals surface area contributed by atoms with Gasteiger partial charge < -0.3 is 33.2 Å². The second kappa shape index (κ2) is 10.6. The number of hydrogen-bond acceptors (Lipinski definition) is 8. The minimum Gasteiger partial charge on any atom is -0.382 e. The van der Waals surface area contributed by atoms with Crippen molar-refractivity contribution in [3.05, 3.63) is 10.8 Å². The van der Waals surface area contributed by atoms with E-state index in [1.54, 1.807) is 0 Å². The molecule has 2 amide bonds. The summed E-state index contributed by atoms with van der Waals surface area (Å²) in [4.78, 5) is 30.8. The van der Waals surface area contributed by atoms with Gasteiger partial charge in [-0.25, -0.2) is 9.97 Å². The summed E-state index contributed by atoms with van der Waals surface area (Å²) >= 11 is 5.72. The quantitative estimate of drug-likeness (QED) is 0.273. The van der Waals surface area contributed by atoms with Crippen LogP contribution in [0.3, 0.4) is 0 Å². The molecule has 0 aliphatic carbocycles. The van der Waals surface area contributed by atoms with Crippen LogP contribution in [0.25, 0.3) is 0 Å². The number of carbonyl (C=O) groups is 2. The molecule has 10 nitrogen and oxygen atoms in total. The third-order valence-corrected chi connectivity index (χ3v) is 3.21. The number of nitrogens with one attached hydrogen (secondary N) is 3. The van der Waals surface area contributed by atoms with E-state index in [1.165, 1.54) is 0 Å². The number of aromatic nitrogens is 2. The summed E-state index contributed by atoms with van der Waals surface area (Å²) in [6.07, 6.45) is 1.12.